The number of rotatable bonds is 6. The molecule has 1 aliphatic heterocycles. The fraction of sp³-hybridized carbons (Fsp3) is 0.868. The van der Waals surface area contributed by atoms with E-state index in [1.165, 1.54) is 18.4 Å². The topological polar surface area (TPSA) is 84.9 Å². The highest BCUT2D eigenvalue weighted by Crippen LogP contribution is 2.75. The number of likely N-dealkylation sites (tertiary alicyclic amines) is 1. The first-order valence-electron chi connectivity index (χ1n) is 18.2. The molecule has 0 aromatic carbocycles. The molecule has 5 aliphatic carbocycles. The van der Waals surface area contributed by atoms with Gasteiger partial charge in [-0.2, -0.15) is 0 Å². The van der Waals surface area contributed by atoms with Crippen LogP contribution in [0, 0.1) is 45.3 Å². The normalized spacial score (nSPS) is 42.5. The van der Waals surface area contributed by atoms with Gasteiger partial charge < -0.3 is 14.8 Å². The van der Waals surface area contributed by atoms with Crippen molar-refractivity contribution in [2.24, 2.45) is 45.3 Å². The molecule has 0 aromatic rings. The van der Waals surface area contributed by atoms with Gasteiger partial charge in [0.1, 0.15) is 12.7 Å². The Balaban J connectivity index is 1.29. The standard InChI is InChI=1S/C38H60N2O5/c1-24(2)31-27(42)23-38(39-33(43)44-22-21-40-19-9-10-20-40)18-17-36(7)26(32(31)38)11-12-29-35(6)15-14-30(45-25(3)41)34(4,5)28(35)13-16-37(29,36)8/h24,26,28-30H,9-23H2,1-8H3,(H,39,43)/t26?,28?,29?,30-,35-,36+,37?,38+/m0/s1. The van der Waals surface area contributed by atoms with Gasteiger partial charge in [-0.05, 0) is 128 Å². The maximum atomic E-state index is 13.8. The van der Waals surface area contributed by atoms with E-state index >= 15 is 0 Å². The number of ketones is 1. The third kappa shape index (κ3) is 5.03. The van der Waals surface area contributed by atoms with Crippen LogP contribution >= 0.6 is 0 Å². The molecule has 1 saturated heterocycles. The molecule has 45 heavy (non-hydrogen) atoms. The van der Waals surface area contributed by atoms with Crippen molar-refractivity contribution in [3.05, 3.63) is 11.1 Å². The first-order valence-corrected chi connectivity index (χ1v) is 18.2. The van der Waals surface area contributed by atoms with Crippen LogP contribution < -0.4 is 5.32 Å². The lowest BCUT2D eigenvalue weighted by molar-refractivity contribution is -0.231. The minimum atomic E-state index is -0.625. The highest BCUT2D eigenvalue weighted by molar-refractivity contribution is 6.02. The van der Waals surface area contributed by atoms with Crippen molar-refractivity contribution in [3.63, 3.8) is 0 Å². The van der Waals surface area contributed by atoms with Gasteiger partial charge in [0.05, 0.1) is 5.54 Å². The number of hydrogen-bond donors (Lipinski definition) is 1. The molecule has 0 aromatic heterocycles. The van der Waals surface area contributed by atoms with Gasteiger partial charge in [-0.15, -0.1) is 0 Å². The number of carbonyl (C=O) groups is 3. The van der Waals surface area contributed by atoms with Gasteiger partial charge in [0, 0.05) is 25.3 Å². The molecule has 7 heteroatoms. The second-order valence-electron chi connectivity index (χ2n) is 17.5. The molecule has 4 saturated carbocycles. The summed E-state index contributed by atoms with van der Waals surface area (Å²) in [4.78, 5) is 41.6. The Bertz CT molecular complexity index is 1250. The maximum absolute atomic E-state index is 13.8. The zero-order chi connectivity index (χ0) is 32.6. The van der Waals surface area contributed by atoms with Crippen LogP contribution in [0.2, 0.25) is 0 Å². The quantitative estimate of drug-likeness (QED) is 0.309. The smallest absolute Gasteiger partial charge is 0.407 e. The summed E-state index contributed by atoms with van der Waals surface area (Å²) in [6.07, 6.45) is 10.7. The van der Waals surface area contributed by atoms with Crippen molar-refractivity contribution in [1.82, 2.24) is 10.2 Å². The van der Waals surface area contributed by atoms with Crippen LogP contribution in [0.15, 0.2) is 11.1 Å². The fourth-order valence-corrected chi connectivity index (χ4v) is 12.6. The Labute approximate surface area is 272 Å². The molecule has 6 rings (SSSR count). The van der Waals surface area contributed by atoms with E-state index in [-0.39, 0.29) is 57.4 Å². The van der Waals surface area contributed by atoms with Gasteiger partial charge in [-0.3, -0.25) is 14.5 Å². The van der Waals surface area contributed by atoms with E-state index in [4.69, 9.17) is 9.47 Å². The summed E-state index contributed by atoms with van der Waals surface area (Å²) in [5, 5.41) is 3.35. The first-order chi connectivity index (χ1) is 21.1. The van der Waals surface area contributed by atoms with E-state index in [1.54, 1.807) is 6.92 Å². The van der Waals surface area contributed by atoms with Crippen LogP contribution in [0.5, 0.6) is 0 Å². The van der Waals surface area contributed by atoms with Gasteiger partial charge in [0.2, 0.25) is 0 Å². The average molecular weight is 625 g/mol. The van der Waals surface area contributed by atoms with Gasteiger partial charge >= 0.3 is 12.1 Å². The average Bonchev–Trinajstić information content (AvgIpc) is 3.56. The molecule has 0 spiro atoms. The van der Waals surface area contributed by atoms with Crippen molar-refractivity contribution in [3.8, 4) is 0 Å². The molecule has 8 atom stereocenters. The number of alkyl carbamates (subject to hydrolysis) is 1. The Morgan fingerprint density at radius 1 is 0.911 bits per heavy atom. The lowest BCUT2D eigenvalue weighted by Crippen LogP contribution is -2.67. The van der Waals surface area contributed by atoms with Crippen LogP contribution in [0.4, 0.5) is 4.79 Å². The zero-order valence-electron chi connectivity index (χ0n) is 29.5. The first kappa shape index (κ1) is 33.0. The van der Waals surface area contributed by atoms with Crippen LogP contribution in [-0.4, -0.2) is 60.6 Å². The summed E-state index contributed by atoms with van der Waals surface area (Å²) in [5.41, 5.74) is 1.87. The van der Waals surface area contributed by atoms with Crippen molar-refractivity contribution in [2.75, 3.05) is 26.2 Å². The number of amides is 1. The van der Waals surface area contributed by atoms with Gasteiger partial charge in [-0.1, -0.05) is 48.5 Å². The number of nitrogens with zero attached hydrogens (tertiary/aromatic N) is 1. The lowest BCUT2D eigenvalue weighted by atomic mass is 9.33. The Hall–Kier alpha value is -1.89. The molecule has 1 N–H and O–H groups in total. The predicted octanol–water partition coefficient (Wildman–Crippen LogP) is 7.47. The largest absolute Gasteiger partial charge is 0.462 e. The van der Waals surface area contributed by atoms with Gasteiger partial charge in [-0.25, -0.2) is 4.79 Å². The third-order valence-electron chi connectivity index (χ3n) is 14.9. The molecule has 6 aliphatic rings. The van der Waals surface area contributed by atoms with Crippen molar-refractivity contribution < 1.29 is 23.9 Å². The number of esters is 1. The summed E-state index contributed by atoms with van der Waals surface area (Å²) in [6.45, 7) is 21.5. The molecule has 7 nitrogen and oxygen atoms in total. The summed E-state index contributed by atoms with van der Waals surface area (Å²) < 4.78 is 11.7. The molecule has 4 unspecified atom stereocenters. The van der Waals surface area contributed by atoms with Crippen molar-refractivity contribution >= 4 is 17.8 Å². The lowest BCUT2D eigenvalue weighted by Gasteiger charge is -2.72. The number of carbonyl (C=O) groups excluding carboxylic acids is 3. The Morgan fingerprint density at radius 2 is 1.62 bits per heavy atom. The number of Topliss-reactive ketones (excluding diaryl/α,β-unsaturated/α-hetero) is 1. The van der Waals surface area contributed by atoms with Crippen LogP contribution in [0.3, 0.4) is 0 Å². The van der Waals surface area contributed by atoms with Crippen molar-refractivity contribution in [1.29, 1.82) is 0 Å². The SMILES string of the molecule is CC(=O)O[C@H]1CC[C@@]2(C)C(CCC3(C)C2CCC2C4=C(C(C)C)C(=O)C[C@]4(NC(=O)OCCN4CCCC4)CC[C@]23C)C1(C)C. The molecule has 1 amide bonds. The second-order valence-corrected chi connectivity index (χ2v) is 17.5. The highest BCUT2D eigenvalue weighted by atomic mass is 16.6. The second kappa shape index (κ2) is 11.4. The van der Waals surface area contributed by atoms with E-state index < -0.39 is 5.54 Å². The van der Waals surface area contributed by atoms with Crippen LogP contribution in [0.1, 0.15) is 126 Å². The maximum Gasteiger partial charge on any atom is 0.407 e. The molecular formula is C38H60N2O5. The van der Waals surface area contributed by atoms with Crippen LogP contribution in [-0.2, 0) is 19.1 Å². The highest BCUT2D eigenvalue weighted by Gasteiger charge is 2.70. The molecule has 1 heterocycles. The van der Waals surface area contributed by atoms with E-state index in [0.29, 0.717) is 24.9 Å². The minimum Gasteiger partial charge on any atom is -0.462 e. The Kier molecular flexibility index (Phi) is 8.35. The van der Waals surface area contributed by atoms with E-state index in [1.807, 2.05) is 0 Å². The molecular weight excluding hydrogens is 564 g/mol. The Morgan fingerprint density at radius 3 is 2.29 bits per heavy atom. The van der Waals surface area contributed by atoms with Crippen molar-refractivity contribution in [2.45, 2.75) is 138 Å². The summed E-state index contributed by atoms with van der Waals surface area (Å²) in [5.74, 6) is 1.52. The van der Waals surface area contributed by atoms with Gasteiger partial charge in [0.25, 0.3) is 0 Å². The van der Waals surface area contributed by atoms with E-state index in [9.17, 15) is 14.4 Å². The monoisotopic (exact) mass is 624 g/mol. The molecule has 5 fully saturated rings. The zero-order valence-corrected chi connectivity index (χ0v) is 29.5. The van der Waals surface area contributed by atoms with E-state index in [0.717, 1.165) is 76.6 Å². The fourth-order valence-electron chi connectivity index (χ4n) is 12.6. The number of ether oxygens (including phenoxy) is 2. The summed E-state index contributed by atoms with van der Waals surface area (Å²) >= 11 is 0. The minimum absolute atomic E-state index is 0.0240. The number of hydrogen-bond acceptors (Lipinski definition) is 6. The number of allylic oxidation sites excluding steroid dienone is 1. The number of nitrogens with one attached hydrogen (secondary N) is 1. The van der Waals surface area contributed by atoms with Crippen LogP contribution in [0.25, 0.3) is 0 Å². The summed E-state index contributed by atoms with van der Waals surface area (Å²) in [6, 6.07) is 0. The molecule has 252 valence electrons. The molecule has 0 bridgehead atoms. The third-order valence-corrected chi connectivity index (χ3v) is 14.9. The predicted molar refractivity (Wildman–Crippen MR) is 175 cm³/mol. The molecule has 0 radical (unpaired) electrons. The summed E-state index contributed by atoms with van der Waals surface area (Å²) in [7, 11) is 0. The van der Waals surface area contributed by atoms with Gasteiger partial charge in [0.15, 0.2) is 5.78 Å². The number of fused-ring (bicyclic) bond motifs is 7. The van der Waals surface area contributed by atoms with E-state index in [2.05, 4.69) is 58.7 Å².